The second-order valence-electron chi connectivity index (χ2n) is 7.49. The highest BCUT2D eigenvalue weighted by atomic mass is 19.4. The molecule has 0 spiro atoms. The number of anilines is 1. The van der Waals surface area contributed by atoms with Crippen molar-refractivity contribution in [2.45, 2.75) is 24.9 Å². The fourth-order valence-corrected chi connectivity index (χ4v) is 3.92. The standard InChI is InChI=1S/C21H18F3N7/c22-21(23,24)9-16-13-31-17(10-28-19(31)11-27-16)20-26-7-3-18(29-20)30-8-4-15(12-30)14-1-5-25-6-2-14/h1-3,5-7,10-11,13,15H,4,8-9,12H2. The van der Waals surface area contributed by atoms with E-state index in [9.17, 15) is 13.2 Å². The number of rotatable bonds is 4. The summed E-state index contributed by atoms with van der Waals surface area (Å²) in [5, 5.41) is 0. The van der Waals surface area contributed by atoms with Crippen molar-refractivity contribution in [1.82, 2.24) is 29.3 Å². The van der Waals surface area contributed by atoms with Gasteiger partial charge in [0.25, 0.3) is 0 Å². The van der Waals surface area contributed by atoms with Gasteiger partial charge in [-0.3, -0.25) is 14.4 Å². The lowest BCUT2D eigenvalue weighted by Crippen LogP contribution is -2.20. The van der Waals surface area contributed by atoms with Crippen LogP contribution in [-0.4, -0.2) is 48.6 Å². The highest BCUT2D eigenvalue weighted by Gasteiger charge is 2.29. The predicted octanol–water partition coefficient (Wildman–Crippen LogP) is 3.68. The van der Waals surface area contributed by atoms with Crippen LogP contribution in [0.15, 0.2) is 55.4 Å². The van der Waals surface area contributed by atoms with Crippen molar-refractivity contribution in [2.75, 3.05) is 18.0 Å². The molecule has 4 aromatic heterocycles. The first-order valence-electron chi connectivity index (χ1n) is 9.83. The van der Waals surface area contributed by atoms with E-state index in [1.165, 1.54) is 18.0 Å². The van der Waals surface area contributed by atoms with Gasteiger partial charge in [0.05, 0.1) is 24.5 Å². The third kappa shape index (κ3) is 4.05. The molecule has 7 nitrogen and oxygen atoms in total. The quantitative estimate of drug-likeness (QED) is 0.497. The van der Waals surface area contributed by atoms with E-state index in [0.29, 0.717) is 23.1 Å². The van der Waals surface area contributed by atoms with Gasteiger partial charge < -0.3 is 4.90 Å². The van der Waals surface area contributed by atoms with E-state index in [-0.39, 0.29) is 5.69 Å². The number of aromatic nitrogens is 6. The number of alkyl halides is 3. The predicted molar refractivity (Wildman–Crippen MR) is 108 cm³/mol. The van der Waals surface area contributed by atoms with Crippen LogP contribution in [0.4, 0.5) is 19.0 Å². The zero-order valence-electron chi connectivity index (χ0n) is 16.4. The van der Waals surface area contributed by atoms with Crippen molar-refractivity contribution in [3.05, 3.63) is 66.6 Å². The van der Waals surface area contributed by atoms with E-state index in [2.05, 4.69) is 29.8 Å². The first-order valence-corrected chi connectivity index (χ1v) is 9.83. The SMILES string of the molecule is FC(F)(F)Cc1cn2c(-c3nccc(N4CCC(c5ccncc5)C4)n3)cnc2cn1. The molecule has 158 valence electrons. The Morgan fingerprint density at radius 2 is 1.84 bits per heavy atom. The second kappa shape index (κ2) is 7.60. The summed E-state index contributed by atoms with van der Waals surface area (Å²) in [6.07, 6.45) is 5.05. The minimum Gasteiger partial charge on any atom is -0.356 e. The third-order valence-corrected chi connectivity index (χ3v) is 5.39. The molecule has 4 aromatic rings. The van der Waals surface area contributed by atoms with Crippen LogP contribution < -0.4 is 4.90 Å². The highest BCUT2D eigenvalue weighted by Crippen LogP contribution is 2.30. The highest BCUT2D eigenvalue weighted by molar-refractivity contribution is 5.58. The lowest BCUT2D eigenvalue weighted by Gasteiger charge is -2.18. The monoisotopic (exact) mass is 425 g/mol. The number of nitrogens with zero attached hydrogens (tertiary/aromatic N) is 7. The number of imidazole rings is 1. The zero-order chi connectivity index (χ0) is 21.4. The Morgan fingerprint density at radius 1 is 1.00 bits per heavy atom. The minimum absolute atomic E-state index is 0.0878. The summed E-state index contributed by atoms with van der Waals surface area (Å²) in [6, 6.07) is 5.91. The maximum Gasteiger partial charge on any atom is 0.394 e. The molecule has 31 heavy (non-hydrogen) atoms. The third-order valence-electron chi connectivity index (χ3n) is 5.39. The van der Waals surface area contributed by atoms with Gasteiger partial charge in [-0.15, -0.1) is 0 Å². The largest absolute Gasteiger partial charge is 0.394 e. The van der Waals surface area contributed by atoms with Crippen LogP contribution in [0.3, 0.4) is 0 Å². The van der Waals surface area contributed by atoms with Gasteiger partial charge in [0.15, 0.2) is 11.5 Å². The topological polar surface area (TPSA) is 72.1 Å². The fraction of sp³-hybridized carbons (Fsp3) is 0.286. The second-order valence-corrected chi connectivity index (χ2v) is 7.49. The maximum atomic E-state index is 12.8. The zero-order valence-corrected chi connectivity index (χ0v) is 16.4. The fourth-order valence-electron chi connectivity index (χ4n) is 3.92. The van der Waals surface area contributed by atoms with E-state index in [1.54, 1.807) is 29.2 Å². The Morgan fingerprint density at radius 3 is 2.65 bits per heavy atom. The summed E-state index contributed by atoms with van der Waals surface area (Å²) in [5.41, 5.74) is 2.12. The van der Waals surface area contributed by atoms with Crippen LogP contribution in [-0.2, 0) is 6.42 Å². The molecule has 0 amide bonds. The van der Waals surface area contributed by atoms with Gasteiger partial charge in [-0.1, -0.05) is 0 Å². The van der Waals surface area contributed by atoms with Crippen LogP contribution in [0.1, 0.15) is 23.6 Å². The normalized spacial score (nSPS) is 16.9. The van der Waals surface area contributed by atoms with Gasteiger partial charge in [0.1, 0.15) is 11.5 Å². The van der Waals surface area contributed by atoms with E-state index in [4.69, 9.17) is 0 Å². The average molecular weight is 425 g/mol. The molecule has 0 aliphatic carbocycles. The van der Waals surface area contributed by atoms with Gasteiger partial charge >= 0.3 is 6.18 Å². The van der Waals surface area contributed by atoms with Crippen molar-refractivity contribution >= 4 is 11.5 Å². The Hall–Kier alpha value is -3.56. The first kappa shape index (κ1) is 19.4. The van der Waals surface area contributed by atoms with Gasteiger partial charge in [-0.2, -0.15) is 13.2 Å². The Kier molecular flexibility index (Phi) is 4.76. The van der Waals surface area contributed by atoms with Crippen molar-refractivity contribution in [3.8, 4) is 11.5 Å². The van der Waals surface area contributed by atoms with Crippen molar-refractivity contribution in [2.24, 2.45) is 0 Å². The number of hydrogen-bond donors (Lipinski definition) is 0. The molecule has 1 aliphatic rings. The van der Waals surface area contributed by atoms with Crippen LogP contribution >= 0.6 is 0 Å². The summed E-state index contributed by atoms with van der Waals surface area (Å²) in [4.78, 5) is 23.4. The van der Waals surface area contributed by atoms with E-state index in [1.807, 2.05) is 18.2 Å². The van der Waals surface area contributed by atoms with Crippen LogP contribution in [0.2, 0.25) is 0 Å². The summed E-state index contributed by atoms with van der Waals surface area (Å²) in [6.45, 7) is 1.68. The number of hydrogen-bond acceptors (Lipinski definition) is 6. The van der Waals surface area contributed by atoms with Crippen molar-refractivity contribution in [1.29, 1.82) is 0 Å². The number of fused-ring (bicyclic) bond motifs is 1. The lowest BCUT2D eigenvalue weighted by atomic mass is 10.00. The van der Waals surface area contributed by atoms with Crippen LogP contribution in [0.5, 0.6) is 0 Å². The molecule has 1 aliphatic heterocycles. The van der Waals surface area contributed by atoms with Gasteiger partial charge in [0, 0.05) is 43.8 Å². The van der Waals surface area contributed by atoms with Crippen molar-refractivity contribution < 1.29 is 13.2 Å². The molecular formula is C21H18F3N7. The molecule has 1 fully saturated rings. The van der Waals surface area contributed by atoms with E-state index < -0.39 is 12.6 Å². The summed E-state index contributed by atoms with van der Waals surface area (Å²) < 4.78 is 39.9. The molecule has 10 heteroatoms. The molecular weight excluding hydrogens is 407 g/mol. The van der Waals surface area contributed by atoms with Gasteiger partial charge in [-0.05, 0) is 30.2 Å². The number of halogens is 3. The maximum absolute atomic E-state index is 12.8. The van der Waals surface area contributed by atoms with E-state index in [0.717, 1.165) is 25.3 Å². The van der Waals surface area contributed by atoms with Crippen molar-refractivity contribution in [3.63, 3.8) is 0 Å². The molecule has 0 radical (unpaired) electrons. The summed E-state index contributed by atoms with van der Waals surface area (Å²) >= 11 is 0. The molecule has 0 saturated carbocycles. The number of pyridine rings is 1. The lowest BCUT2D eigenvalue weighted by molar-refractivity contribution is -0.127. The molecule has 5 heterocycles. The molecule has 1 saturated heterocycles. The summed E-state index contributed by atoms with van der Waals surface area (Å²) in [7, 11) is 0. The minimum atomic E-state index is -4.33. The molecule has 5 rings (SSSR count). The first-order chi connectivity index (χ1) is 15.0. The molecule has 1 unspecified atom stereocenters. The molecule has 0 bridgehead atoms. The molecule has 0 N–H and O–H groups in total. The summed E-state index contributed by atoms with van der Waals surface area (Å²) in [5.74, 6) is 1.58. The van der Waals surface area contributed by atoms with Gasteiger partial charge in [-0.25, -0.2) is 15.0 Å². The molecule has 1 atom stereocenters. The van der Waals surface area contributed by atoms with Crippen LogP contribution in [0.25, 0.3) is 17.2 Å². The van der Waals surface area contributed by atoms with Gasteiger partial charge in [0.2, 0.25) is 0 Å². The van der Waals surface area contributed by atoms with E-state index >= 15 is 0 Å². The molecule has 0 aromatic carbocycles. The Labute approximate surface area is 175 Å². The average Bonchev–Trinajstić information content (AvgIpc) is 3.41. The Bertz CT molecular complexity index is 1210. The van der Waals surface area contributed by atoms with Crippen LogP contribution in [0, 0.1) is 0 Å². The Balaban J connectivity index is 1.43. The smallest absolute Gasteiger partial charge is 0.356 e.